The Kier molecular flexibility index (Phi) is 23.7. The van der Waals surface area contributed by atoms with Gasteiger partial charge in [0, 0.05) is 26.0 Å². The fourth-order valence-electron chi connectivity index (χ4n) is 1.10. The van der Waals surface area contributed by atoms with Crippen LogP contribution in [0.1, 0.15) is 19.8 Å². The van der Waals surface area contributed by atoms with E-state index >= 15 is 0 Å². The van der Waals surface area contributed by atoms with Crippen LogP contribution in [-0.4, -0.2) is 47.4 Å². The van der Waals surface area contributed by atoms with Gasteiger partial charge in [-0.1, -0.05) is 13.3 Å². The third kappa shape index (κ3) is 9.30. The van der Waals surface area contributed by atoms with E-state index in [1.165, 1.54) is 19.4 Å². The zero-order valence-corrected chi connectivity index (χ0v) is 12.0. The third-order valence-electron chi connectivity index (χ3n) is 1.74. The number of rotatable bonds is 3. The molecule has 0 aliphatic carbocycles. The van der Waals surface area contributed by atoms with Crippen molar-refractivity contribution in [1.29, 1.82) is 0 Å². The van der Waals surface area contributed by atoms with Crippen molar-refractivity contribution in [2.24, 2.45) is 0 Å². The van der Waals surface area contributed by atoms with E-state index in [0.717, 1.165) is 6.67 Å². The van der Waals surface area contributed by atoms with E-state index in [9.17, 15) is 0 Å². The first-order valence-corrected chi connectivity index (χ1v) is 3.95. The summed E-state index contributed by atoms with van der Waals surface area (Å²) in [5.41, 5.74) is 0. The van der Waals surface area contributed by atoms with Gasteiger partial charge in [0.05, 0.1) is 6.67 Å². The van der Waals surface area contributed by atoms with Crippen molar-refractivity contribution in [2.75, 3.05) is 20.3 Å². The molecule has 0 aromatic carbocycles. The van der Waals surface area contributed by atoms with E-state index in [2.05, 4.69) is 36.2 Å². The summed E-state index contributed by atoms with van der Waals surface area (Å²) in [5.74, 6) is 0. The second kappa shape index (κ2) is 13.7. The Hall–Kier alpha value is 0.742. The second-order valence-corrected chi connectivity index (χ2v) is 2.86. The van der Waals surface area contributed by atoms with Crippen molar-refractivity contribution < 1.29 is 37.2 Å². The summed E-state index contributed by atoms with van der Waals surface area (Å²) in [4.78, 5) is 4.53. The molecule has 0 fully saturated rings. The largest absolute Gasteiger partial charge is 3.00 e. The molecule has 0 N–H and O–H groups in total. The maximum Gasteiger partial charge on any atom is 3.00 e. The van der Waals surface area contributed by atoms with E-state index in [4.69, 9.17) is 0 Å². The number of unbranched alkanes of at least 4 members (excludes halogenated alkanes) is 1. The van der Waals surface area contributed by atoms with E-state index in [1.807, 2.05) is 0 Å². The van der Waals surface area contributed by atoms with Crippen LogP contribution in [0.4, 0.5) is 0 Å². The quantitative estimate of drug-likeness (QED) is 0.472. The van der Waals surface area contributed by atoms with Crippen LogP contribution in [-0.2, 0) is 0 Å². The van der Waals surface area contributed by atoms with Crippen molar-refractivity contribution in [2.45, 2.75) is 19.8 Å². The van der Waals surface area contributed by atoms with Gasteiger partial charge in [0.15, 0.2) is 0 Å². The summed E-state index contributed by atoms with van der Waals surface area (Å²) in [5, 5.41) is 0. The minimum Gasteiger partial charge on any atom is -1.00 e. The molecule has 0 spiro atoms. The molecule has 82 valence electrons. The van der Waals surface area contributed by atoms with Crippen molar-refractivity contribution in [3.05, 3.63) is 12.4 Å². The Morgan fingerprint density at radius 3 is 2.07 bits per heavy atom. The molecule has 0 radical (unpaired) electrons. The van der Waals surface area contributed by atoms with Crippen molar-refractivity contribution in [3.63, 3.8) is 0 Å². The van der Waals surface area contributed by atoms with E-state index in [0.29, 0.717) is 0 Å². The van der Waals surface area contributed by atoms with Crippen molar-refractivity contribution >= 4 is 17.4 Å². The van der Waals surface area contributed by atoms with Gasteiger partial charge in [-0.15, -0.1) is 0 Å². The molecule has 6 heteroatoms. The van der Waals surface area contributed by atoms with Gasteiger partial charge in [0.25, 0.3) is 0 Å². The van der Waals surface area contributed by atoms with E-state index in [-0.39, 0.29) is 54.6 Å². The summed E-state index contributed by atoms with van der Waals surface area (Å²) in [6.45, 7) is 4.50. The zero-order chi connectivity index (χ0) is 7.40. The molecular formula is C8H16AlCl3N2. The molecule has 0 amide bonds. The molecule has 1 heterocycles. The Morgan fingerprint density at radius 2 is 1.71 bits per heavy atom. The predicted molar refractivity (Wildman–Crippen MR) is 49.1 cm³/mol. The van der Waals surface area contributed by atoms with Crippen LogP contribution in [0.25, 0.3) is 0 Å². The third-order valence-corrected chi connectivity index (χ3v) is 1.74. The van der Waals surface area contributed by atoms with Crippen molar-refractivity contribution in [1.82, 2.24) is 9.80 Å². The molecule has 0 saturated carbocycles. The zero-order valence-electron chi connectivity index (χ0n) is 8.59. The van der Waals surface area contributed by atoms with Gasteiger partial charge >= 0.3 is 17.4 Å². The average molecular weight is 274 g/mol. The monoisotopic (exact) mass is 272 g/mol. The predicted octanol–water partition coefficient (Wildman–Crippen LogP) is -7.91. The molecule has 0 atom stereocenters. The summed E-state index contributed by atoms with van der Waals surface area (Å²) < 4.78 is 0. The maximum atomic E-state index is 2.34. The number of nitrogens with zero attached hydrogens (tertiary/aromatic N) is 2. The average Bonchev–Trinajstić information content (AvgIpc) is 2.31. The molecule has 1 aliphatic heterocycles. The molecule has 1 aliphatic rings. The molecule has 0 bridgehead atoms. The van der Waals surface area contributed by atoms with Gasteiger partial charge in [-0.25, -0.2) is 0 Å². The fraction of sp³-hybridized carbons (Fsp3) is 0.750. The minimum absolute atomic E-state index is 0. The Morgan fingerprint density at radius 1 is 1.14 bits per heavy atom. The molecule has 0 aromatic heterocycles. The van der Waals surface area contributed by atoms with Gasteiger partial charge < -0.3 is 47.0 Å². The van der Waals surface area contributed by atoms with Gasteiger partial charge in [-0.2, -0.15) is 0 Å². The van der Waals surface area contributed by atoms with Gasteiger partial charge in [0.1, 0.15) is 0 Å². The molecular weight excluding hydrogens is 257 g/mol. The SMILES string of the molecule is CCCCN1C=CN(C)C1.[Al+3].[Cl-].[Cl-].[Cl-]. The minimum atomic E-state index is 0. The van der Waals surface area contributed by atoms with Crippen LogP contribution in [0.5, 0.6) is 0 Å². The summed E-state index contributed by atoms with van der Waals surface area (Å²) in [6, 6.07) is 0. The molecule has 0 unspecified atom stereocenters. The van der Waals surface area contributed by atoms with Gasteiger partial charge in [0.2, 0.25) is 0 Å². The Bertz CT molecular complexity index is 136. The molecule has 2 nitrogen and oxygen atoms in total. The normalized spacial score (nSPS) is 12.1. The van der Waals surface area contributed by atoms with Crippen LogP contribution in [0, 0.1) is 0 Å². The summed E-state index contributed by atoms with van der Waals surface area (Å²) in [6.07, 6.45) is 6.87. The number of halogens is 3. The molecule has 0 aromatic rings. The van der Waals surface area contributed by atoms with Crippen molar-refractivity contribution in [3.8, 4) is 0 Å². The molecule has 0 saturated heterocycles. The second-order valence-electron chi connectivity index (χ2n) is 2.86. The standard InChI is InChI=1S/C8H16N2.Al.3ClH/c1-3-4-5-10-7-6-9(2)8-10;;;;/h6-7H,3-5,8H2,1-2H3;;3*1H/q;+3;;;/p-3. The van der Waals surface area contributed by atoms with E-state index < -0.39 is 0 Å². The van der Waals surface area contributed by atoms with Gasteiger partial charge in [-0.05, 0) is 6.42 Å². The van der Waals surface area contributed by atoms with Crippen LogP contribution in [0.3, 0.4) is 0 Å². The summed E-state index contributed by atoms with van der Waals surface area (Å²) in [7, 11) is 2.10. The van der Waals surface area contributed by atoms with Crippen LogP contribution in [0.2, 0.25) is 0 Å². The van der Waals surface area contributed by atoms with Gasteiger partial charge in [-0.3, -0.25) is 0 Å². The topological polar surface area (TPSA) is 6.48 Å². The number of hydrogen-bond donors (Lipinski definition) is 0. The van der Waals surface area contributed by atoms with Crippen LogP contribution in [0.15, 0.2) is 12.4 Å². The van der Waals surface area contributed by atoms with Crippen LogP contribution >= 0.6 is 0 Å². The Balaban J connectivity index is -0.000000125. The maximum absolute atomic E-state index is 2.34. The number of hydrogen-bond acceptors (Lipinski definition) is 2. The Labute approximate surface area is 116 Å². The summed E-state index contributed by atoms with van der Waals surface area (Å²) >= 11 is 0. The van der Waals surface area contributed by atoms with Crippen LogP contribution < -0.4 is 37.2 Å². The molecule has 14 heavy (non-hydrogen) atoms. The smallest absolute Gasteiger partial charge is 1.00 e. The first kappa shape index (κ1) is 24.1. The van der Waals surface area contributed by atoms with E-state index in [1.54, 1.807) is 0 Å². The first-order chi connectivity index (χ1) is 4.83. The fourth-order valence-corrected chi connectivity index (χ4v) is 1.10. The first-order valence-electron chi connectivity index (χ1n) is 3.95. The molecule has 1 rings (SSSR count).